The summed E-state index contributed by atoms with van der Waals surface area (Å²) in [4.78, 5) is 35.0. The van der Waals surface area contributed by atoms with E-state index in [1.54, 1.807) is 43.0 Å². The lowest BCUT2D eigenvalue weighted by Gasteiger charge is -2.36. The molecule has 1 N–H and O–H groups in total. The number of ether oxygens (including phenoxy) is 2. The normalized spacial score (nSPS) is 14.6. The number of aromatic nitrogens is 4. The number of rotatable bonds is 8. The molecule has 0 spiro atoms. The molecule has 0 bridgehead atoms. The van der Waals surface area contributed by atoms with Crippen molar-refractivity contribution in [3.05, 3.63) is 75.4 Å². The van der Waals surface area contributed by atoms with Crippen molar-refractivity contribution in [3.63, 3.8) is 0 Å². The van der Waals surface area contributed by atoms with E-state index in [0.717, 1.165) is 23.3 Å². The van der Waals surface area contributed by atoms with Gasteiger partial charge < -0.3 is 28.9 Å². The van der Waals surface area contributed by atoms with Gasteiger partial charge >= 0.3 is 5.69 Å². The van der Waals surface area contributed by atoms with Gasteiger partial charge in [0.15, 0.2) is 11.2 Å². The monoisotopic (exact) mass is 520 g/mol. The number of para-hydroxylation sites is 1. The highest BCUT2D eigenvalue weighted by Crippen LogP contribution is 2.24. The molecule has 2 aromatic heterocycles. The second kappa shape index (κ2) is 10.6. The van der Waals surface area contributed by atoms with Crippen LogP contribution in [-0.2, 0) is 20.6 Å². The molecule has 0 amide bonds. The number of nitrogens with zero attached hydrogens (tertiary/aromatic N) is 6. The van der Waals surface area contributed by atoms with Crippen LogP contribution in [0.2, 0.25) is 0 Å². The lowest BCUT2D eigenvalue weighted by Crippen LogP contribution is -2.47. The summed E-state index contributed by atoms with van der Waals surface area (Å²) in [5.41, 5.74) is 0.826. The van der Waals surface area contributed by atoms with Crippen LogP contribution in [0.15, 0.2) is 64.2 Å². The Kier molecular flexibility index (Phi) is 7.10. The van der Waals surface area contributed by atoms with Gasteiger partial charge in [0.05, 0.1) is 13.7 Å². The summed E-state index contributed by atoms with van der Waals surface area (Å²) in [6.45, 7) is 2.98. The van der Waals surface area contributed by atoms with Crippen molar-refractivity contribution in [2.24, 2.45) is 14.1 Å². The van der Waals surface area contributed by atoms with Crippen molar-refractivity contribution in [1.29, 1.82) is 0 Å². The topological polar surface area (TPSA) is 107 Å². The van der Waals surface area contributed by atoms with Crippen molar-refractivity contribution in [2.75, 3.05) is 49.7 Å². The summed E-state index contributed by atoms with van der Waals surface area (Å²) < 4.78 is 15.1. The first-order chi connectivity index (χ1) is 18.4. The summed E-state index contributed by atoms with van der Waals surface area (Å²) in [5, 5.41) is 10.9. The molecule has 4 aromatic rings. The molecule has 0 unspecified atom stereocenters. The SMILES string of the molecule is COc1ccc(OC[C@@H](O)Cn2c(N3CCN(c4ccccc4)CC3)nc3c2c(=O)n(C)c(=O)n3C)cc1. The molecule has 38 heavy (non-hydrogen) atoms. The molecule has 1 aliphatic heterocycles. The molecule has 0 radical (unpaired) electrons. The van der Waals surface area contributed by atoms with Crippen LogP contribution in [0, 0.1) is 0 Å². The van der Waals surface area contributed by atoms with Gasteiger partial charge in [-0.25, -0.2) is 4.79 Å². The molecule has 3 heterocycles. The Labute approximate surface area is 219 Å². The fraction of sp³-hybridized carbons (Fsp3) is 0.370. The number of benzene rings is 2. The Morgan fingerprint density at radius 1 is 0.895 bits per heavy atom. The zero-order chi connectivity index (χ0) is 26.8. The highest BCUT2D eigenvalue weighted by molar-refractivity contribution is 5.74. The summed E-state index contributed by atoms with van der Waals surface area (Å²) in [6, 6.07) is 17.3. The molecule has 200 valence electrons. The first-order valence-corrected chi connectivity index (χ1v) is 12.5. The minimum absolute atomic E-state index is 0.0132. The van der Waals surface area contributed by atoms with Gasteiger partial charge in [-0.2, -0.15) is 4.98 Å². The summed E-state index contributed by atoms with van der Waals surface area (Å²) in [5.74, 6) is 1.85. The number of imidazole rings is 1. The van der Waals surface area contributed by atoms with Gasteiger partial charge in [-0.15, -0.1) is 0 Å². The molecular weight excluding hydrogens is 488 g/mol. The number of hydrogen-bond donors (Lipinski definition) is 1. The zero-order valence-corrected chi connectivity index (χ0v) is 21.8. The third-order valence-electron chi connectivity index (χ3n) is 6.91. The van der Waals surface area contributed by atoms with Crippen molar-refractivity contribution in [2.45, 2.75) is 12.6 Å². The van der Waals surface area contributed by atoms with E-state index in [1.807, 2.05) is 18.2 Å². The number of hydrogen-bond acceptors (Lipinski definition) is 8. The lowest BCUT2D eigenvalue weighted by atomic mass is 10.2. The van der Waals surface area contributed by atoms with E-state index in [1.165, 1.54) is 11.6 Å². The summed E-state index contributed by atoms with van der Waals surface area (Å²) in [7, 11) is 4.64. The Balaban J connectivity index is 1.42. The van der Waals surface area contributed by atoms with Crippen LogP contribution < -0.4 is 30.5 Å². The standard InChI is InChI=1S/C27H32N6O5/c1-29-24-23(25(35)30(2)27(29)36)33(17-20(34)18-38-22-11-9-21(37-3)10-12-22)26(28-24)32-15-13-31(14-16-32)19-7-5-4-6-8-19/h4-12,20,34H,13-18H2,1-3H3/t20-/m0/s1. The smallest absolute Gasteiger partial charge is 0.332 e. The number of fused-ring (bicyclic) bond motifs is 1. The van der Waals surface area contributed by atoms with Crippen molar-refractivity contribution >= 4 is 22.8 Å². The average molecular weight is 521 g/mol. The van der Waals surface area contributed by atoms with Gasteiger partial charge in [0.25, 0.3) is 5.56 Å². The first kappa shape index (κ1) is 25.4. The van der Waals surface area contributed by atoms with E-state index in [4.69, 9.17) is 14.5 Å². The second-order valence-electron chi connectivity index (χ2n) is 9.35. The van der Waals surface area contributed by atoms with E-state index in [9.17, 15) is 14.7 Å². The molecule has 1 aliphatic rings. The van der Waals surface area contributed by atoms with Gasteiger partial charge in [-0.1, -0.05) is 18.2 Å². The molecular formula is C27H32N6O5. The molecule has 5 rings (SSSR count). The van der Waals surface area contributed by atoms with Crippen molar-refractivity contribution < 1.29 is 14.6 Å². The minimum atomic E-state index is -0.930. The maximum atomic E-state index is 13.2. The molecule has 1 atom stereocenters. The van der Waals surface area contributed by atoms with Crippen LogP contribution in [0.3, 0.4) is 0 Å². The van der Waals surface area contributed by atoms with Crippen LogP contribution >= 0.6 is 0 Å². The fourth-order valence-electron chi connectivity index (χ4n) is 4.78. The van der Waals surface area contributed by atoms with Crippen LogP contribution in [-0.4, -0.2) is 69.8 Å². The van der Waals surface area contributed by atoms with Gasteiger partial charge in [-0.05, 0) is 36.4 Å². The highest BCUT2D eigenvalue weighted by Gasteiger charge is 2.27. The number of methoxy groups -OCH3 is 1. The molecule has 11 heteroatoms. The Bertz CT molecular complexity index is 1520. The van der Waals surface area contributed by atoms with Crippen LogP contribution in [0.1, 0.15) is 0 Å². The van der Waals surface area contributed by atoms with Crippen LogP contribution in [0.5, 0.6) is 11.5 Å². The number of aliphatic hydroxyl groups excluding tert-OH is 1. The van der Waals surface area contributed by atoms with Gasteiger partial charge in [0, 0.05) is 46.0 Å². The van der Waals surface area contributed by atoms with Crippen molar-refractivity contribution in [3.8, 4) is 11.5 Å². The maximum absolute atomic E-state index is 13.2. The molecule has 1 fully saturated rings. The van der Waals surface area contributed by atoms with Crippen LogP contribution in [0.25, 0.3) is 11.2 Å². The average Bonchev–Trinajstić information content (AvgIpc) is 3.33. The first-order valence-electron chi connectivity index (χ1n) is 12.5. The Morgan fingerprint density at radius 3 is 2.18 bits per heavy atom. The van der Waals surface area contributed by atoms with Gasteiger partial charge in [-0.3, -0.25) is 13.9 Å². The summed E-state index contributed by atoms with van der Waals surface area (Å²) >= 11 is 0. The Morgan fingerprint density at radius 2 is 1.53 bits per heavy atom. The molecule has 2 aromatic carbocycles. The number of piperazine rings is 1. The number of anilines is 2. The molecule has 11 nitrogen and oxygen atoms in total. The van der Waals surface area contributed by atoms with E-state index < -0.39 is 17.4 Å². The third-order valence-corrected chi connectivity index (χ3v) is 6.91. The van der Waals surface area contributed by atoms with Gasteiger partial charge in [0.1, 0.15) is 24.2 Å². The molecule has 0 aliphatic carbocycles. The van der Waals surface area contributed by atoms with E-state index in [2.05, 4.69) is 21.9 Å². The number of aliphatic hydroxyl groups is 1. The quantitative estimate of drug-likeness (QED) is 0.370. The maximum Gasteiger partial charge on any atom is 0.332 e. The van der Waals surface area contributed by atoms with Crippen LogP contribution in [0.4, 0.5) is 11.6 Å². The predicted octanol–water partition coefficient (Wildman–Crippen LogP) is 1.21. The van der Waals surface area contributed by atoms with E-state index in [-0.39, 0.29) is 18.7 Å². The van der Waals surface area contributed by atoms with E-state index >= 15 is 0 Å². The number of aryl methyl sites for hydroxylation is 1. The van der Waals surface area contributed by atoms with Crippen molar-refractivity contribution in [1.82, 2.24) is 18.7 Å². The van der Waals surface area contributed by atoms with Gasteiger partial charge in [0.2, 0.25) is 5.95 Å². The third kappa shape index (κ3) is 4.84. The Hall–Kier alpha value is -4.25. The highest BCUT2D eigenvalue weighted by atomic mass is 16.5. The second-order valence-corrected chi connectivity index (χ2v) is 9.35. The fourth-order valence-corrected chi connectivity index (χ4v) is 4.78. The largest absolute Gasteiger partial charge is 0.497 e. The lowest BCUT2D eigenvalue weighted by molar-refractivity contribution is 0.0936. The zero-order valence-electron chi connectivity index (χ0n) is 21.8. The summed E-state index contributed by atoms with van der Waals surface area (Å²) in [6.07, 6.45) is -0.930. The minimum Gasteiger partial charge on any atom is -0.497 e. The predicted molar refractivity (Wildman–Crippen MR) is 146 cm³/mol. The molecule has 1 saturated heterocycles. The van der Waals surface area contributed by atoms with E-state index in [0.29, 0.717) is 36.2 Å². The molecule has 0 saturated carbocycles.